The highest BCUT2D eigenvalue weighted by atomic mass is 79.9. The summed E-state index contributed by atoms with van der Waals surface area (Å²) in [7, 11) is 0. The summed E-state index contributed by atoms with van der Waals surface area (Å²) in [6, 6.07) is 12.1. The van der Waals surface area contributed by atoms with Crippen LogP contribution < -0.4 is 10.1 Å². The van der Waals surface area contributed by atoms with E-state index in [-0.39, 0.29) is 29.8 Å². The van der Waals surface area contributed by atoms with E-state index in [1.807, 2.05) is 0 Å². The number of hydrogen-bond acceptors (Lipinski definition) is 3. The van der Waals surface area contributed by atoms with Crippen molar-refractivity contribution in [3.05, 3.63) is 111 Å². The van der Waals surface area contributed by atoms with Crippen LogP contribution in [0.25, 0.3) is 0 Å². The van der Waals surface area contributed by atoms with Gasteiger partial charge in [-0.3, -0.25) is 9.48 Å². The lowest BCUT2D eigenvalue weighted by Crippen LogP contribution is -2.13. The maximum absolute atomic E-state index is 13.9. The van der Waals surface area contributed by atoms with Crippen molar-refractivity contribution in [2.45, 2.75) is 13.2 Å². The molecule has 0 unspecified atom stereocenters. The number of halogens is 6. The number of ether oxygens (including phenoxy) is 1. The molecule has 4 aromatic rings. The molecule has 0 aliphatic carbocycles. The Labute approximate surface area is 204 Å². The summed E-state index contributed by atoms with van der Waals surface area (Å²) >= 11 is 3.30. The lowest BCUT2D eigenvalue weighted by Gasteiger charge is -2.10. The van der Waals surface area contributed by atoms with E-state index in [4.69, 9.17) is 4.74 Å². The van der Waals surface area contributed by atoms with Crippen LogP contribution in [0.3, 0.4) is 0 Å². The van der Waals surface area contributed by atoms with Crippen molar-refractivity contribution < 1.29 is 31.5 Å². The van der Waals surface area contributed by atoms with Crippen LogP contribution in [0, 0.1) is 29.1 Å². The third-order valence-electron chi connectivity index (χ3n) is 4.91. The van der Waals surface area contributed by atoms with Crippen LogP contribution in [0.1, 0.15) is 21.5 Å². The summed E-state index contributed by atoms with van der Waals surface area (Å²) in [5, 5.41) is 6.87. The zero-order valence-corrected chi connectivity index (χ0v) is 19.3. The fraction of sp³-hybridized carbons (Fsp3) is 0.0833. The van der Waals surface area contributed by atoms with Gasteiger partial charge in [-0.15, -0.1) is 0 Å². The Bertz CT molecular complexity index is 1370. The van der Waals surface area contributed by atoms with E-state index >= 15 is 0 Å². The molecule has 0 atom stereocenters. The first-order valence-corrected chi connectivity index (χ1v) is 10.8. The Hall–Kier alpha value is -3.73. The van der Waals surface area contributed by atoms with E-state index in [1.165, 1.54) is 35.0 Å². The number of benzene rings is 3. The first kappa shape index (κ1) is 24.4. The quantitative estimate of drug-likeness (QED) is 0.219. The Morgan fingerprint density at radius 3 is 2.26 bits per heavy atom. The lowest BCUT2D eigenvalue weighted by atomic mass is 10.1. The highest BCUT2D eigenvalue weighted by Gasteiger charge is 2.21. The minimum absolute atomic E-state index is 0.0896. The maximum atomic E-state index is 13.9. The fourth-order valence-corrected chi connectivity index (χ4v) is 3.54. The third kappa shape index (κ3) is 5.51. The standard InChI is InChI=1S/C24H15BrF5N3O2/c25-16-11-33(10-15-3-1-2-4-17(15)26)32-23(16)31-24(34)14-7-5-13(6-8-14)12-35-22-20(29)18(27)9-19(28)21(22)30/h1-9,11H,10,12H2,(H,31,32,34). The molecule has 4 rings (SSSR count). The summed E-state index contributed by atoms with van der Waals surface area (Å²) in [5.41, 5.74) is 1.05. The molecule has 0 radical (unpaired) electrons. The molecule has 35 heavy (non-hydrogen) atoms. The van der Waals surface area contributed by atoms with Gasteiger partial charge in [-0.1, -0.05) is 30.3 Å². The maximum Gasteiger partial charge on any atom is 0.256 e. The van der Waals surface area contributed by atoms with Crippen LogP contribution in [0.15, 0.2) is 65.3 Å². The second-order valence-corrected chi connectivity index (χ2v) is 8.21. The zero-order valence-electron chi connectivity index (χ0n) is 17.7. The van der Waals surface area contributed by atoms with Crippen molar-refractivity contribution >= 4 is 27.7 Å². The van der Waals surface area contributed by atoms with E-state index in [9.17, 15) is 26.7 Å². The first-order chi connectivity index (χ1) is 16.7. The van der Waals surface area contributed by atoms with E-state index in [0.717, 1.165) is 0 Å². The normalized spacial score (nSPS) is 10.9. The Morgan fingerprint density at radius 1 is 0.943 bits per heavy atom. The third-order valence-corrected chi connectivity index (χ3v) is 5.49. The highest BCUT2D eigenvalue weighted by molar-refractivity contribution is 9.10. The molecule has 0 aliphatic rings. The monoisotopic (exact) mass is 551 g/mol. The molecule has 1 N–H and O–H groups in total. The smallest absolute Gasteiger partial charge is 0.256 e. The molecule has 11 heteroatoms. The van der Waals surface area contributed by atoms with Crippen molar-refractivity contribution in [3.63, 3.8) is 0 Å². The van der Waals surface area contributed by atoms with Gasteiger partial charge in [-0.25, -0.2) is 13.2 Å². The number of nitrogens with zero attached hydrogens (tertiary/aromatic N) is 2. The molecular formula is C24H15BrF5N3O2. The van der Waals surface area contributed by atoms with Gasteiger partial charge in [-0.2, -0.15) is 13.9 Å². The predicted octanol–water partition coefficient (Wildman–Crippen LogP) is 6.22. The molecule has 180 valence electrons. The van der Waals surface area contributed by atoms with Gasteiger partial charge < -0.3 is 10.1 Å². The van der Waals surface area contributed by atoms with E-state index in [0.29, 0.717) is 15.6 Å². The van der Waals surface area contributed by atoms with E-state index in [1.54, 1.807) is 24.4 Å². The van der Waals surface area contributed by atoms with Crippen LogP contribution in [-0.4, -0.2) is 15.7 Å². The molecule has 1 amide bonds. The van der Waals surface area contributed by atoms with E-state index < -0.39 is 41.5 Å². The van der Waals surface area contributed by atoms with Gasteiger partial charge in [0.05, 0.1) is 11.0 Å². The van der Waals surface area contributed by atoms with Gasteiger partial charge in [0.25, 0.3) is 5.91 Å². The number of hydrogen-bond donors (Lipinski definition) is 1. The number of carbonyl (C=O) groups is 1. The first-order valence-electron chi connectivity index (χ1n) is 10.1. The molecule has 3 aromatic carbocycles. The average molecular weight is 552 g/mol. The van der Waals surface area contributed by atoms with Crippen molar-refractivity contribution in [3.8, 4) is 5.75 Å². The second kappa shape index (κ2) is 10.3. The number of aromatic nitrogens is 2. The molecule has 1 aromatic heterocycles. The number of rotatable bonds is 7. The van der Waals surface area contributed by atoms with Crippen LogP contribution in [0.5, 0.6) is 5.75 Å². The summed E-state index contributed by atoms with van der Waals surface area (Å²) in [5.74, 6) is -8.25. The minimum Gasteiger partial charge on any atom is -0.483 e. The van der Waals surface area contributed by atoms with Crippen LogP contribution in [0.4, 0.5) is 27.8 Å². The van der Waals surface area contributed by atoms with Gasteiger partial charge in [0, 0.05) is 23.4 Å². The molecule has 0 saturated heterocycles. The molecule has 0 saturated carbocycles. The summed E-state index contributed by atoms with van der Waals surface area (Å²) in [6.45, 7) is -0.239. The van der Waals surface area contributed by atoms with Gasteiger partial charge in [0.1, 0.15) is 12.4 Å². The van der Waals surface area contributed by atoms with E-state index in [2.05, 4.69) is 26.3 Å². The highest BCUT2D eigenvalue weighted by Crippen LogP contribution is 2.27. The van der Waals surface area contributed by atoms with Gasteiger partial charge in [-0.05, 0) is 39.7 Å². The topological polar surface area (TPSA) is 56.2 Å². The Balaban J connectivity index is 1.40. The number of nitrogens with one attached hydrogen (secondary N) is 1. The number of anilines is 1. The molecule has 0 spiro atoms. The molecule has 1 heterocycles. The van der Waals surface area contributed by atoms with Crippen molar-refractivity contribution in [1.82, 2.24) is 9.78 Å². The Morgan fingerprint density at radius 2 is 1.60 bits per heavy atom. The van der Waals surface area contributed by atoms with Gasteiger partial charge >= 0.3 is 0 Å². The van der Waals surface area contributed by atoms with Crippen molar-refractivity contribution in [2.75, 3.05) is 5.32 Å². The summed E-state index contributed by atoms with van der Waals surface area (Å²) in [4.78, 5) is 12.6. The Kier molecular flexibility index (Phi) is 7.15. The second-order valence-electron chi connectivity index (χ2n) is 7.35. The molecular weight excluding hydrogens is 537 g/mol. The summed E-state index contributed by atoms with van der Waals surface area (Å²) < 4.78 is 74.7. The fourth-order valence-electron chi connectivity index (χ4n) is 3.13. The summed E-state index contributed by atoms with van der Waals surface area (Å²) in [6.07, 6.45) is 1.59. The average Bonchev–Trinajstić information content (AvgIpc) is 3.18. The van der Waals surface area contributed by atoms with Gasteiger partial charge in [0.2, 0.25) is 11.6 Å². The molecule has 0 bridgehead atoms. The largest absolute Gasteiger partial charge is 0.483 e. The van der Waals surface area contributed by atoms with Crippen LogP contribution in [0.2, 0.25) is 0 Å². The van der Waals surface area contributed by atoms with Gasteiger partial charge in [0.15, 0.2) is 23.2 Å². The molecule has 5 nitrogen and oxygen atoms in total. The van der Waals surface area contributed by atoms with Crippen molar-refractivity contribution in [2.24, 2.45) is 0 Å². The number of amides is 1. The minimum atomic E-state index is -1.64. The van der Waals surface area contributed by atoms with Crippen molar-refractivity contribution in [1.29, 1.82) is 0 Å². The molecule has 0 aliphatic heterocycles. The SMILES string of the molecule is O=C(Nc1nn(Cc2ccccc2F)cc1Br)c1ccc(COc2c(F)c(F)cc(F)c2F)cc1. The van der Waals surface area contributed by atoms with Crippen LogP contribution in [-0.2, 0) is 13.2 Å². The number of carbonyl (C=O) groups excluding carboxylic acids is 1. The zero-order chi connectivity index (χ0) is 25.1. The molecule has 0 fully saturated rings. The van der Waals surface area contributed by atoms with Crippen LogP contribution >= 0.6 is 15.9 Å². The lowest BCUT2D eigenvalue weighted by molar-refractivity contribution is 0.102. The predicted molar refractivity (Wildman–Crippen MR) is 120 cm³/mol.